The van der Waals surface area contributed by atoms with Gasteiger partial charge < -0.3 is 14.5 Å². The Kier molecular flexibility index (Phi) is 7.08. The van der Waals surface area contributed by atoms with Crippen LogP contribution in [0.5, 0.6) is 0 Å². The van der Waals surface area contributed by atoms with Crippen LogP contribution in [0.1, 0.15) is 24.2 Å². The molecule has 2 heterocycles. The van der Waals surface area contributed by atoms with Crippen LogP contribution in [0.3, 0.4) is 0 Å². The average molecular weight is 488 g/mol. The third-order valence-corrected chi connectivity index (χ3v) is 6.24. The van der Waals surface area contributed by atoms with Gasteiger partial charge in [0.2, 0.25) is 0 Å². The minimum absolute atomic E-state index is 0.168. The normalized spacial score (nSPS) is 11.5. The molecule has 6 nitrogen and oxygen atoms in total. The van der Waals surface area contributed by atoms with Crippen molar-refractivity contribution in [2.45, 2.75) is 26.9 Å². The zero-order valence-corrected chi connectivity index (χ0v) is 21.0. The van der Waals surface area contributed by atoms with Crippen molar-refractivity contribution in [2.24, 2.45) is 9.98 Å². The SMILES string of the molecule is CCn1ccc(=Nc2ccc(C(=O)Nc3ccc(N=c4ccn(CC)c5ccccc45)cc3)cc2)cc1. The molecule has 0 aliphatic rings. The maximum absolute atomic E-state index is 12.8. The molecule has 0 spiro atoms. The molecule has 1 amide bonds. The lowest BCUT2D eigenvalue weighted by atomic mass is 10.2. The second-order valence-electron chi connectivity index (χ2n) is 8.66. The highest BCUT2D eigenvalue weighted by Crippen LogP contribution is 2.19. The van der Waals surface area contributed by atoms with E-state index in [4.69, 9.17) is 4.99 Å². The zero-order valence-electron chi connectivity index (χ0n) is 21.0. The molecular formula is C31H29N5O. The maximum atomic E-state index is 12.8. The number of fused-ring (bicyclic) bond motifs is 1. The molecule has 2 aromatic heterocycles. The Balaban J connectivity index is 1.30. The summed E-state index contributed by atoms with van der Waals surface area (Å²) in [7, 11) is 0. The summed E-state index contributed by atoms with van der Waals surface area (Å²) in [4.78, 5) is 22.2. The van der Waals surface area contributed by atoms with Crippen LogP contribution in [0.25, 0.3) is 10.9 Å². The molecule has 3 aromatic carbocycles. The lowest BCUT2D eigenvalue weighted by Gasteiger charge is -2.09. The van der Waals surface area contributed by atoms with Gasteiger partial charge in [-0.05, 0) is 86.6 Å². The Hall–Kier alpha value is -4.71. The van der Waals surface area contributed by atoms with E-state index in [-0.39, 0.29) is 5.91 Å². The van der Waals surface area contributed by atoms with E-state index in [0.29, 0.717) is 11.3 Å². The Morgan fingerprint density at radius 1 is 0.730 bits per heavy atom. The van der Waals surface area contributed by atoms with E-state index in [1.165, 1.54) is 0 Å². The summed E-state index contributed by atoms with van der Waals surface area (Å²) in [6.45, 7) is 6.05. The third-order valence-electron chi connectivity index (χ3n) is 6.24. The first-order valence-corrected chi connectivity index (χ1v) is 12.5. The van der Waals surface area contributed by atoms with Gasteiger partial charge in [0.05, 0.1) is 27.6 Å². The van der Waals surface area contributed by atoms with Crippen molar-refractivity contribution in [1.29, 1.82) is 0 Å². The Bertz CT molecular complexity index is 1660. The summed E-state index contributed by atoms with van der Waals surface area (Å²) < 4.78 is 4.29. The molecular weight excluding hydrogens is 458 g/mol. The fraction of sp³-hybridized carbons (Fsp3) is 0.129. The van der Waals surface area contributed by atoms with Crippen molar-refractivity contribution >= 4 is 33.9 Å². The average Bonchev–Trinajstić information content (AvgIpc) is 2.95. The summed E-state index contributed by atoms with van der Waals surface area (Å²) in [6, 6.07) is 29.1. The molecule has 0 aliphatic heterocycles. The van der Waals surface area contributed by atoms with Crippen LogP contribution < -0.4 is 16.0 Å². The predicted molar refractivity (Wildman–Crippen MR) is 149 cm³/mol. The van der Waals surface area contributed by atoms with Crippen LogP contribution in [0.15, 0.2) is 120 Å². The van der Waals surface area contributed by atoms with Gasteiger partial charge in [-0.25, -0.2) is 9.98 Å². The monoisotopic (exact) mass is 487 g/mol. The molecule has 37 heavy (non-hydrogen) atoms. The number of carbonyl (C=O) groups excluding carboxylic acids is 1. The molecule has 0 radical (unpaired) electrons. The molecule has 5 rings (SSSR count). The number of hydrogen-bond donors (Lipinski definition) is 1. The first-order chi connectivity index (χ1) is 18.1. The molecule has 6 heteroatoms. The molecule has 0 saturated heterocycles. The van der Waals surface area contributed by atoms with Crippen LogP contribution in [0.4, 0.5) is 17.1 Å². The molecule has 0 fully saturated rings. The topological polar surface area (TPSA) is 63.7 Å². The number of carbonyl (C=O) groups is 1. The molecule has 0 bridgehead atoms. The number of benzene rings is 3. The highest BCUT2D eigenvalue weighted by Gasteiger charge is 2.06. The number of hydrogen-bond acceptors (Lipinski definition) is 3. The molecule has 0 unspecified atom stereocenters. The van der Waals surface area contributed by atoms with E-state index < -0.39 is 0 Å². The molecule has 0 saturated carbocycles. The first kappa shape index (κ1) is 24.0. The van der Waals surface area contributed by atoms with Crippen LogP contribution in [-0.2, 0) is 13.1 Å². The summed E-state index contributed by atoms with van der Waals surface area (Å²) in [5.41, 5.74) is 4.07. The summed E-state index contributed by atoms with van der Waals surface area (Å²) in [5, 5.41) is 5.86. The van der Waals surface area contributed by atoms with Crippen LogP contribution in [0, 0.1) is 0 Å². The Morgan fingerprint density at radius 2 is 1.41 bits per heavy atom. The van der Waals surface area contributed by atoms with E-state index in [9.17, 15) is 4.79 Å². The number of nitrogens with zero attached hydrogens (tertiary/aromatic N) is 4. The molecule has 5 aromatic rings. The molecule has 184 valence electrons. The summed E-state index contributed by atoms with van der Waals surface area (Å²) >= 11 is 0. The zero-order chi connectivity index (χ0) is 25.6. The van der Waals surface area contributed by atoms with Crippen LogP contribution in [0.2, 0.25) is 0 Å². The predicted octanol–water partition coefficient (Wildman–Crippen LogP) is 6.20. The lowest BCUT2D eigenvalue weighted by Crippen LogP contribution is -2.11. The fourth-order valence-corrected chi connectivity index (χ4v) is 4.18. The smallest absolute Gasteiger partial charge is 0.255 e. The van der Waals surface area contributed by atoms with Crippen LogP contribution in [-0.4, -0.2) is 15.0 Å². The molecule has 1 N–H and O–H groups in total. The van der Waals surface area contributed by atoms with Crippen molar-refractivity contribution in [2.75, 3.05) is 5.32 Å². The fourth-order valence-electron chi connectivity index (χ4n) is 4.18. The molecule has 0 aliphatic carbocycles. The van der Waals surface area contributed by atoms with Crippen molar-refractivity contribution in [3.8, 4) is 0 Å². The number of para-hydroxylation sites is 1. The van der Waals surface area contributed by atoms with E-state index in [2.05, 4.69) is 51.6 Å². The van der Waals surface area contributed by atoms with E-state index >= 15 is 0 Å². The number of anilines is 1. The van der Waals surface area contributed by atoms with Gasteiger partial charge in [-0.2, -0.15) is 0 Å². The van der Waals surface area contributed by atoms with Crippen molar-refractivity contribution in [1.82, 2.24) is 9.13 Å². The highest BCUT2D eigenvalue weighted by molar-refractivity contribution is 6.04. The summed E-state index contributed by atoms with van der Waals surface area (Å²) in [5.74, 6) is -0.168. The number of pyridine rings is 2. The first-order valence-electron chi connectivity index (χ1n) is 12.5. The van der Waals surface area contributed by atoms with Gasteiger partial charge in [-0.3, -0.25) is 4.79 Å². The van der Waals surface area contributed by atoms with Gasteiger partial charge in [-0.1, -0.05) is 18.2 Å². The minimum Gasteiger partial charge on any atom is -0.354 e. The number of amides is 1. The van der Waals surface area contributed by atoms with Gasteiger partial charge in [0.15, 0.2) is 0 Å². The van der Waals surface area contributed by atoms with E-state index in [1.54, 1.807) is 12.1 Å². The Morgan fingerprint density at radius 3 is 2.11 bits per heavy atom. The largest absolute Gasteiger partial charge is 0.354 e. The van der Waals surface area contributed by atoms with Gasteiger partial charge in [0.25, 0.3) is 5.91 Å². The Labute approximate surface area is 215 Å². The van der Waals surface area contributed by atoms with E-state index in [0.717, 1.165) is 46.1 Å². The number of aromatic nitrogens is 2. The maximum Gasteiger partial charge on any atom is 0.255 e. The van der Waals surface area contributed by atoms with Gasteiger partial charge in [-0.15, -0.1) is 0 Å². The van der Waals surface area contributed by atoms with E-state index in [1.807, 2.05) is 79.1 Å². The van der Waals surface area contributed by atoms with Gasteiger partial charge in [0, 0.05) is 48.3 Å². The lowest BCUT2D eigenvalue weighted by molar-refractivity contribution is 0.102. The third kappa shape index (κ3) is 5.59. The molecule has 0 atom stereocenters. The summed E-state index contributed by atoms with van der Waals surface area (Å²) in [6.07, 6.45) is 6.07. The quantitative estimate of drug-likeness (QED) is 0.305. The second kappa shape index (κ2) is 10.9. The second-order valence-corrected chi connectivity index (χ2v) is 8.66. The van der Waals surface area contributed by atoms with Gasteiger partial charge in [0.1, 0.15) is 0 Å². The standard InChI is InChI=1S/C31H29N5O/c1-3-35-20-17-27(18-21-35)32-24-11-9-23(10-12-24)31(37)34-26-15-13-25(14-16-26)33-29-19-22-36(4-2)30-8-6-5-7-28(29)30/h5-22H,3-4H2,1-2H3,(H,34,37). The number of nitrogens with one attached hydrogen (secondary N) is 1. The number of rotatable bonds is 6. The van der Waals surface area contributed by atoms with Crippen molar-refractivity contribution < 1.29 is 4.79 Å². The number of aryl methyl sites for hydroxylation is 2. The van der Waals surface area contributed by atoms with Gasteiger partial charge >= 0.3 is 0 Å². The van der Waals surface area contributed by atoms with Crippen molar-refractivity contribution in [3.05, 3.63) is 126 Å². The van der Waals surface area contributed by atoms with Crippen molar-refractivity contribution in [3.63, 3.8) is 0 Å². The highest BCUT2D eigenvalue weighted by atomic mass is 16.1. The minimum atomic E-state index is -0.168. The van der Waals surface area contributed by atoms with Crippen LogP contribution >= 0.6 is 0 Å².